The van der Waals surface area contributed by atoms with E-state index in [0.717, 1.165) is 10.6 Å². The number of amides is 3. The molecule has 0 spiro atoms. The summed E-state index contributed by atoms with van der Waals surface area (Å²) >= 11 is 0. The van der Waals surface area contributed by atoms with Gasteiger partial charge in [0.15, 0.2) is 0 Å². The molecule has 3 amide bonds. The first-order chi connectivity index (χ1) is 21.0. The first-order valence-electron chi connectivity index (χ1n) is 14.4. The van der Waals surface area contributed by atoms with Crippen molar-refractivity contribution >= 4 is 39.4 Å². The van der Waals surface area contributed by atoms with E-state index in [2.05, 4.69) is 15.3 Å². The largest absolute Gasteiger partial charge is 0.339 e. The van der Waals surface area contributed by atoms with E-state index in [1.54, 1.807) is 70.6 Å². The van der Waals surface area contributed by atoms with Crippen LogP contribution in [0.1, 0.15) is 30.1 Å². The van der Waals surface area contributed by atoms with Crippen molar-refractivity contribution in [3.63, 3.8) is 0 Å². The maximum atomic E-state index is 13.2. The Morgan fingerprint density at radius 1 is 0.886 bits per heavy atom. The van der Waals surface area contributed by atoms with Gasteiger partial charge in [0.2, 0.25) is 27.8 Å². The second kappa shape index (κ2) is 13.1. The number of hydrogen-bond donors (Lipinski definition) is 2. The summed E-state index contributed by atoms with van der Waals surface area (Å²) in [6.45, 7) is 4.10. The zero-order valence-corrected chi connectivity index (χ0v) is 25.5. The molecule has 44 heavy (non-hydrogen) atoms. The number of nitrogens with one attached hydrogen (secondary N) is 1. The fraction of sp³-hybridized carbons (Fsp3) is 0.367. The number of piperazine rings is 1. The smallest absolute Gasteiger partial charge is 0.253 e. The maximum absolute atomic E-state index is 13.2. The summed E-state index contributed by atoms with van der Waals surface area (Å²) < 4.78 is 27.9. The number of hydrogen-bond acceptors (Lipinski definition) is 9. The number of rotatable bonds is 7. The van der Waals surface area contributed by atoms with Gasteiger partial charge in [-0.15, -0.1) is 0 Å². The quantitative estimate of drug-likeness (QED) is 0.228. The highest BCUT2D eigenvalue weighted by Gasteiger charge is 2.33. The average molecular weight is 621 g/mol. The number of aromatic nitrogens is 2. The molecule has 13 nitrogen and oxygen atoms in total. The third-order valence-electron chi connectivity index (χ3n) is 7.99. The minimum absolute atomic E-state index is 0.0166. The molecule has 0 aliphatic carbocycles. The van der Waals surface area contributed by atoms with E-state index in [9.17, 15) is 22.8 Å². The van der Waals surface area contributed by atoms with Gasteiger partial charge < -0.3 is 15.1 Å². The second-order valence-electron chi connectivity index (χ2n) is 10.9. The number of sulfonamides is 1. The molecule has 0 unspecified atom stereocenters. The molecule has 3 N–H and O–H groups in total. The molecule has 14 heteroatoms. The summed E-state index contributed by atoms with van der Waals surface area (Å²) in [6, 6.07) is 15.3. The summed E-state index contributed by atoms with van der Waals surface area (Å²) in [5.41, 5.74) is 2.58. The van der Waals surface area contributed by atoms with Gasteiger partial charge >= 0.3 is 0 Å². The first kappa shape index (κ1) is 31.0. The topological polar surface area (TPSA) is 162 Å². The number of piperidine rings is 1. The Bertz CT molecular complexity index is 1610. The Morgan fingerprint density at radius 2 is 1.50 bits per heavy atom. The normalized spacial score (nSPS) is 16.4. The van der Waals surface area contributed by atoms with Crippen LogP contribution in [0.2, 0.25) is 0 Å². The zero-order valence-electron chi connectivity index (χ0n) is 24.7. The molecule has 3 aromatic rings. The molecule has 0 saturated carbocycles. The number of anilines is 2. The SMILES string of the molecule is CC(=O)N1CCN(C(=O)c2ccc(Nc3nccc(-c4ccc(S(=O)(=O)N5CCC(C(=O)N(C)N)CC5)cc4)n3)cc2)CC1. The lowest BCUT2D eigenvalue weighted by molar-refractivity contribution is -0.135. The molecule has 1 aromatic heterocycles. The van der Waals surface area contributed by atoms with Gasteiger partial charge in [-0.2, -0.15) is 4.31 Å². The molecule has 2 aromatic carbocycles. The standard InChI is InChI=1S/C30H36N8O5S/c1-21(39)36-17-19-37(20-18-36)29(41)23-3-7-25(8-4-23)33-30-32-14-11-27(34-30)22-5-9-26(10-6-22)44(42,43)38-15-12-24(13-16-38)28(40)35(2)31/h3-11,14,24H,12-13,15-20,31H2,1-2H3,(H,32,33,34). The van der Waals surface area contributed by atoms with Crippen LogP contribution in [0.4, 0.5) is 11.6 Å². The van der Waals surface area contributed by atoms with Crippen molar-refractivity contribution < 1.29 is 22.8 Å². The molecular formula is C30H36N8O5S. The molecule has 232 valence electrons. The molecule has 2 aliphatic rings. The van der Waals surface area contributed by atoms with E-state index in [0.29, 0.717) is 61.9 Å². The maximum Gasteiger partial charge on any atom is 0.253 e. The molecule has 0 atom stereocenters. The van der Waals surface area contributed by atoms with Crippen molar-refractivity contribution in [1.82, 2.24) is 29.1 Å². The lowest BCUT2D eigenvalue weighted by Crippen LogP contribution is -2.50. The number of hydrazine groups is 1. The summed E-state index contributed by atoms with van der Waals surface area (Å²) in [5.74, 6) is 5.37. The van der Waals surface area contributed by atoms with Gasteiger partial charge in [0.25, 0.3) is 5.91 Å². The van der Waals surface area contributed by atoms with Crippen LogP contribution in [0.5, 0.6) is 0 Å². The zero-order chi connectivity index (χ0) is 31.4. The fourth-order valence-corrected chi connectivity index (χ4v) is 6.86. The Hall–Kier alpha value is -4.40. The number of benzene rings is 2. The summed E-state index contributed by atoms with van der Waals surface area (Å²) in [7, 11) is -2.22. The van der Waals surface area contributed by atoms with Crippen LogP contribution in [-0.4, -0.2) is 102 Å². The van der Waals surface area contributed by atoms with Crippen LogP contribution in [0, 0.1) is 5.92 Å². The highest BCUT2D eigenvalue weighted by atomic mass is 32.2. The van der Waals surface area contributed by atoms with E-state index >= 15 is 0 Å². The van der Waals surface area contributed by atoms with Gasteiger partial charge in [-0.25, -0.2) is 24.2 Å². The first-order valence-corrected chi connectivity index (χ1v) is 15.8. The second-order valence-corrected chi connectivity index (χ2v) is 12.9. The van der Waals surface area contributed by atoms with Crippen molar-refractivity contribution in [2.24, 2.45) is 11.8 Å². The predicted molar refractivity (Wildman–Crippen MR) is 164 cm³/mol. The van der Waals surface area contributed by atoms with Gasteiger partial charge in [0.1, 0.15) is 0 Å². The molecule has 3 heterocycles. The van der Waals surface area contributed by atoms with Gasteiger partial charge in [-0.3, -0.25) is 19.4 Å². The summed E-state index contributed by atoms with van der Waals surface area (Å²) in [4.78, 5) is 49.1. The highest BCUT2D eigenvalue weighted by Crippen LogP contribution is 2.27. The fourth-order valence-electron chi connectivity index (χ4n) is 5.39. The van der Waals surface area contributed by atoms with E-state index in [1.807, 2.05) is 0 Å². The minimum Gasteiger partial charge on any atom is -0.339 e. The van der Waals surface area contributed by atoms with Crippen molar-refractivity contribution in [3.05, 3.63) is 66.4 Å². The van der Waals surface area contributed by atoms with E-state index < -0.39 is 10.0 Å². The van der Waals surface area contributed by atoms with Crippen LogP contribution < -0.4 is 11.2 Å². The molecule has 0 radical (unpaired) electrons. The van der Waals surface area contributed by atoms with Gasteiger partial charge in [-0.1, -0.05) is 12.1 Å². The molecular weight excluding hydrogens is 584 g/mol. The minimum atomic E-state index is -3.71. The Labute approximate surface area is 256 Å². The number of nitrogens with two attached hydrogens (primary N) is 1. The van der Waals surface area contributed by atoms with Crippen LogP contribution >= 0.6 is 0 Å². The van der Waals surface area contributed by atoms with Crippen LogP contribution in [0.15, 0.2) is 65.7 Å². The van der Waals surface area contributed by atoms with Gasteiger partial charge in [0, 0.05) is 82.2 Å². The monoisotopic (exact) mass is 620 g/mol. The van der Waals surface area contributed by atoms with Gasteiger partial charge in [0.05, 0.1) is 10.6 Å². The molecule has 0 bridgehead atoms. The van der Waals surface area contributed by atoms with Crippen LogP contribution in [-0.2, 0) is 19.6 Å². The lowest BCUT2D eigenvalue weighted by atomic mass is 9.97. The van der Waals surface area contributed by atoms with Crippen LogP contribution in [0.25, 0.3) is 11.3 Å². The highest BCUT2D eigenvalue weighted by molar-refractivity contribution is 7.89. The Kier molecular flexibility index (Phi) is 9.22. The van der Waals surface area contributed by atoms with Crippen molar-refractivity contribution in [1.29, 1.82) is 0 Å². The van der Waals surface area contributed by atoms with Crippen molar-refractivity contribution in [2.45, 2.75) is 24.7 Å². The predicted octanol–water partition coefficient (Wildman–Crippen LogP) is 1.92. The van der Waals surface area contributed by atoms with Crippen molar-refractivity contribution in [3.8, 4) is 11.3 Å². The van der Waals surface area contributed by atoms with E-state index in [4.69, 9.17) is 5.84 Å². The lowest BCUT2D eigenvalue weighted by Gasteiger charge is -2.34. The third kappa shape index (κ3) is 6.87. The van der Waals surface area contributed by atoms with Gasteiger partial charge in [-0.05, 0) is 55.3 Å². The van der Waals surface area contributed by atoms with Crippen LogP contribution in [0.3, 0.4) is 0 Å². The number of nitrogens with zero attached hydrogens (tertiary/aromatic N) is 6. The average Bonchev–Trinajstić information content (AvgIpc) is 3.04. The summed E-state index contributed by atoms with van der Waals surface area (Å²) in [6.07, 6.45) is 2.46. The number of carbonyl (C=O) groups excluding carboxylic acids is 3. The Morgan fingerprint density at radius 3 is 2.09 bits per heavy atom. The third-order valence-corrected chi connectivity index (χ3v) is 9.91. The molecule has 2 saturated heterocycles. The molecule has 2 aliphatic heterocycles. The summed E-state index contributed by atoms with van der Waals surface area (Å²) in [5, 5.41) is 4.20. The Balaban J connectivity index is 1.20. The number of carbonyl (C=O) groups is 3. The van der Waals surface area contributed by atoms with Crippen molar-refractivity contribution in [2.75, 3.05) is 51.6 Å². The molecule has 2 fully saturated rings. The van der Waals surface area contributed by atoms with E-state index in [-0.39, 0.29) is 41.6 Å². The molecule has 5 rings (SSSR count). The van der Waals surface area contributed by atoms with E-state index in [1.165, 1.54) is 18.3 Å².